The largest absolute Gasteiger partial charge is 0.492 e. The van der Waals surface area contributed by atoms with E-state index in [1.165, 1.54) is 12.1 Å². The Morgan fingerprint density at radius 3 is 2.40 bits per heavy atom. The van der Waals surface area contributed by atoms with Gasteiger partial charge in [0.05, 0.1) is 5.56 Å². The molecule has 0 saturated carbocycles. The third kappa shape index (κ3) is 4.67. The van der Waals surface area contributed by atoms with Crippen molar-refractivity contribution in [2.75, 3.05) is 6.61 Å². The summed E-state index contributed by atoms with van der Waals surface area (Å²) in [6, 6.07) is 6.20. The minimum Gasteiger partial charge on any atom is -0.492 e. The second kappa shape index (κ2) is 6.27. The molecule has 0 spiro atoms. The first kappa shape index (κ1) is 13.7. The van der Waals surface area contributed by atoms with Crippen LogP contribution in [0.4, 0.5) is 0 Å². The van der Waals surface area contributed by atoms with Crippen molar-refractivity contribution in [1.82, 2.24) is 0 Å². The van der Waals surface area contributed by atoms with Crippen LogP contribution in [0.2, 0.25) is 0 Å². The van der Waals surface area contributed by atoms with Crippen LogP contribution in [0, 0.1) is 0 Å². The number of halogens is 1. The number of ether oxygens (including phenoxy) is 1. The van der Waals surface area contributed by atoms with E-state index in [-0.39, 0.29) is 24.0 Å². The molecule has 3 N–H and O–H groups in total. The summed E-state index contributed by atoms with van der Waals surface area (Å²) in [5.41, 5.74) is 5.75. The lowest BCUT2D eigenvalue weighted by molar-refractivity contribution is 0.0697. The Hall–Kier alpha value is -1.26. The fourth-order valence-electron chi connectivity index (χ4n) is 0.921. The summed E-state index contributed by atoms with van der Waals surface area (Å²) in [6.07, 6.45) is 0. The van der Waals surface area contributed by atoms with Gasteiger partial charge in [-0.3, -0.25) is 0 Å². The molecule has 0 amide bonds. The molecule has 0 bridgehead atoms. The molecule has 0 radical (unpaired) electrons. The van der Waals surface area contributed by atoms with Gasteiger partial charge < -0.3 is 15.6 Å². The molecule has 15 heavy (non-hydrogen) atoms. The maximum absolute atomic E-state index is 10.5. The molecule has 1 rings (SSSR count). The highest BCUT2D eigenvalue weighted by atomic mass is 35.5. The fraction of sp³-hybridized carbons (Fsp3) is 0.300. The fourth-order valence-corrected chi connectivity index (χ4v) is 0.921. The Morgan fingerprint density at radius 1 is 1.47 bits per heavy atom. The molecule has 0 aliphatic heterocycles. The number of nitrogens with two attached hydrogens (primary N) is 1. The molecule has 1 atom stereocenters. The van der Waals surface area contributed by atoms with E-state index in [0.29, 0.717) is 12.4 Å². The SMILES string of the molecule is CC(N)COc1ccc(C(=O)O)cc1.Cl. The van der Waals surface area contributed by atoms with Gasteiger partial charge in [-0.2, -0.15) is 0 Å². The van der Waals surface area contributed by atoms with E-state index in [1.807, 2.05) is 6.92 Å². The zero-order chi connectivity index (χ0) is 10.6. The summed E-state index contributed by atoms with van der Waals surface area (Å²) in [4.78, 5) is 10.5. The van der Waals surface area contributed by atoms with E-state index < -0.39 is 5.97 Å². The van der Waals surface area contributed by atoms with Crippen molar-refractivity contribution in [1.29, 1.82) is 0 Å². The summed E-state index contributed by atoms with van der Waals surface area (Å²) >= 11 is 0. The maximum atomic E-state index is 10.5. The van der Waals surface area contributed by atoms with Gasteiger partial charge in [-0.15, -0.1) is 12.4 Å². The number of carbonyl (C=O) groups is 1. The Balaban J connectivity index is 0.00000196. The lowest BCUT2D eigenvalue weighted by Crippen LogP contribution is -2.23. The van der Waals surface area contributed by atoms with Crippen molar-refractivity contribution < 1.29 is 14.6 Å². The first-order valence-electron chi connectivity index (χ1n) is 4.31. The van der Waals surface area contributed by atoms with Crippen molar-refractivity contribution in [3.63, 3.8) is 0 Å². The van der Waals surface area contributed by atoms with E-state index in [1.54, 1.807) is 12.1 Å². The molecule has 0 saturated heterocycles. The standard InChI is InChI=1S/C10H13NO3.ClH/c1-7(11)6-14-9-4-2-8(3-5-9)10(12)13;/h2-5,7H,6,11H2,1H3,(H,12,13);1H. The lowest BCUT2D eigenvalue weighted by Gasteiger charge is -2.08. The molecule has 0 heterocycles. The summed E-state index contributed by atoms with van der Waals surface area (Å²) in [7, 11) is 0. The summed E-state index contributed by atoms with van der Waals surface area (Å²) in [5.74, 6) is -0.309. The molecule has 1 unspecified atom stereocenters. The topological polar surface area (TPSA) is 72.5 Å². The van der Waals surface area contributed by atoms with Crippen LogP contribution in [-0.2, 0) is 0 Å². The molecule has 5 heteroatoms. The van der Waals surface area contributed by atoms with Crippen molar-refractivity contribution in [2.45, 2.75) is 13.0 Å². The third-order valence-corrected chi connectivity index (χ3v) is 1.61. The average Bonchev–Trinajstić information content (AvgIpc) is 2.15. The number of aromatic carboxylic acids is 1. The highest BCUT2D eigenvalue weighted by Crippen LogP contribution is 2.12. The molecule has 0 fully saturated rings. The zero-order valence-electron chi connectivity index (χ0n) is 8.34. The molecular weight excluding hydrogens is 218 g/mol. The van der Waals surface area contributed by atoms with Gasteiger partial charge in [0.2, 0.25) is 0 Å². The van der Waals surface area contributed by atoms with Crippen LogP contribution in [0.25, 0.3) is 0 Å². The summed E-state index contributed by atoms with van der Waals surface area (Å²) < 4.78 is 5.28. The van der Waals surface area contributed by atoms with Gasteiger partial charge in [0.15, 0.2) is 0 Å². The number of hydrogen-bond donors (Lipinski definition) is 2. The molecule has 0 aromatic heterocycles. The second-order valence-corrected chi connectivity index (χ2v) is 3.12. The molecule has 0 aliphatic carbocycles. The number of hydrogen-bond acceptors (Lipinski definition) is 3. The number of rotatable bonds is 4. The predicted molar refractivity (Wildman–Crippen MR) is 59.8 cm³/mol. The van der Waals surface area contributed by atoms with Gasteiger partial charge in [-0.1, -0.05) is 0 Å². The normalized spacial score (nSPS) is 11.3. The molecule has 4 nitrogen and oxygen atoms in total. The first-order chi connectivity index (χ1) is 6.59. The van der Waals surface area contributed by atoms with Crippen LogP contribution >= 0.6 is 12.4 Å². The number of carboxylic acid groups (broad SMARTS) is 1. The molecule has 1 aromatic rings. The first-order valence-corrected chi connectivity index (χ1v) is 4.31. The predicted octanol–water partition coefficient (Wildman–Crippen LogP) is 1.53. The van der Waals surface area contributed by atoms with Crippen LogP contribution in [0.5, 0.6) is 5.75 Å². The third-order valence-electron chi connectivity index (χ3n) is 1.61. The summed E-state index contributed by atoms with van der Waals surface area (Å²) in [6.45, 7) is 2.26. The molecule has 0 aliphatic rings. The smallest absolute Gasteiger partial charge is 0.335 e. The van der Waals surface area contributed by atoms with Gasteiger partial charge in [0, 0.05) is 6.04 Å². The quantitative estimate of drug-likeness (QED) is 0.824. The van der Waals surface area contributed by atoms with Crippen molar-refractivity contribution in [2.24, 2.45) is 5.73 Å². The van der Waals surface area contributed by atoms with E-state index in [2.05, 4.69) is 0 Å². The minimum atomic E-state index is -0.941. The van der Waals surface area contributed by atoms with Crippen LogP contribution < -0.4 is 10.5 Å². The number of carboxylic acids is 1. The Morgan fingerprint density at radius 2 is 2.00 bits per heavy atom. The van der Waals surface area contributed by atoms with E-state index in [4.69, 9.17) is 15.6 Å². The van der Waals surface area contributed by atoms with Crippen LogP contribution in [0.1, 0.15) is 17.3 Å². The molecule has 84 valence electrons. The Bertz CT molecular complexity index is 311. The van der Waals surface area contributed by atoms with Gasteiger partial charge in [-0.05, 0) is 31.2 Å². The van der Waals surface area contributed by atoms with Crippen molar-refractivity contribution in [3.05, 3.63) is 29.8 Å². The molecular formula is C10H14ClNO3. The van der Waals surface area contributed by atoms with Crippen molar-refractivity contribution >= 4 is 18.4 Å². The lowest BCUT2D eigenvalue weighted by atomic mass is 10.2. The Kier molecular flexibility index (Phi) is 5.74. The van der Waals surface area contributed by atoms with E-state index >= 15 is 0 Å². The minimum absolute atomic E-state index is 0. The monoisotopic (exact) mass is 231 g/mol. The summed E-state index contributed by atoms with van der Waals surface area (Å²) in [5, 5.41) is 8.63. The number of benzene rings is 1. The van der Waals surface area contributed by atoms with Crippen LogP contribution in [0.15, 0.2) is 24.3 Å². The second-order valence-electron chi connectivity index (χ2n) is 3.12. The van der Waals surface area contributed by atoms with Gasteiger partial charge in [0.25, 0.3) is 0 Å². The van der Waals surface area contributed by atoms with Crippen LogP contribution in [-0.4, -0.2) is 23.7 Å². The highest BCUT2D eigenvalue weighted by Gasteiger charge is 2.02. The van der Waals surface area contributed by atoms with E-state index in [9.17, 15) is 4.79 Å². The average molecular weight is 232 g/mol. The van der Waals surface area contributed by atoms with Gasteiger partial charge >= 0.3 is 5.97 Å². The van der Waals surface area contributed by atoms with Gasteiger partial charge in [-0.25, -0.2) is 4.79 Å². The van der Waals surface area contributed by atoms with Crippen molar-refractivity contribution in [3.8, 4) is 5.75 Å². The Labute approximate surface area is 94.5 Å². The van der Waals surface area contributed by atoms with Gasteiger partial charge in [0.1, 0.15) is 12.4 Å². The highest BCUT2D eigenvalue weighted by molar-refractivity contribution is 5.87. The molecule has 1 aromatic carbocycles. The van der Waals surface area contributed by atoms with E-state index in [0.717, 1.165) is 0 Å². The zero-order valence-corrected chi connectivity index (χ0v) is 9.16. The maximum Gasteiger partial charge on any atom is 0.335 e. The van der Waals surface area contributed by atoms with Crippen LogP contribution in [0.3, 0.4) is 0 Å².